The standard InChI is InChI=1S/C14H18N2O4/c1-19-13(17)12(11-5-3-2-4-6-11)15-14(18)16-7-9-20-10-8-16/h2-6,12H,7-10H2,1H3,(H,15,18). The molecule has 2 amide bonds. The number of hydrogen-bond acceptors (Lipinski definition) is 4. The monoisotopic (exact) mass is 278 g/mol. The van der Waals surface area contributed by atoms with Crippen LogP contribution in [-0.2, 0) is 14.3 Å². The summed E-state index contributed by atoms with van der Waals surface area (Å²) in [5.74, 6) is -0.488. The highest BCUT2D eigenvalue weighted by Gasteiger charge is 2.26. The van der Waals surface area contributed by atoms with E-state index >= 15 is 0 Å². The van der Waals surface area contributed by atoms with Gasteiger partial charge < -0.3 is 19.7 Å². The molecule has 6 heteroatoms. The third kappa shape index (κ3) is 3.48. The number of carbonyl (C=O) groups excluding carboxylic acids is 2. The number of nitrogens with one attached hydrogen (secondary N) is 1. The quantitative estimate of drug-likeness (QED) is 0.836. The summed E-state index contributed by atoms with van der Waals surface area (Å²) in [5.41, 5.74) is 0.695. The summed E-state index contributed by atoms with van der Waals surface area (Å²) >= 11 is 0. The van der Waals surface area contributed by atoms with Gasteiger partial charge in [0.2, 0.25) is 0 Å². The largest absolute Gasteiger partial charge is 0.467 e. The minimum absolute atomic E-state index is 0.285. The van der Waals surface area contributed by atoms with Gasteiger partial charge in [-0.2, -0.15) is 0 Å². The van der Waals surface area contributed by atoms with Gasteiger partial charge in [-0.3, -0.25) is 0 Å². The zero-order valence-corrected chi connectivity index (χ0v) is 11.4. The second-order valence-electron chi connectivity index (χ2n) is 4.42. The molecule has 1 aromatic carbocycles. The van der Waals surface area contributed by atoms with Crippen molar-refractivity contribution in [2.24, 2.45) is 0 Å². The molecule has 0 aliphatic carbocycles. The number of ether oxygens (including phenoxy) is 2. The van der Waals surface area contributed by atoms with Crippen LogP contribution in [0.2, 0.25) is 0 Å². The normalized spacial score (nSPS) is 16.4. The summed E-state index contributed by atoms with van der Waals surface area (Å²) in [4.78, 5) is 25.6. The van der Waals surface area contributed by atoms with Gasteiger partial charge in [-0.15, -0.1) is 0 Å². The number of morpholine rings is 1. The predicted octanol–water partition coefficient (Wildman–Crippen LogP) is 0.942. The molecular weight excluding hydrogens is 260 g/mol. The molecule has 0 saturated carbocycles. The summed E-state index contributed by atoms with van der Waals surface area (Å²) in [6, 6.07) is 7.95. The number of nitrogens with zero attached hydrogens (tertiary/aromatic N) is 1. The van der Waals surface area contributed by atoms with Gasteiger partial charge in [-0.1, -0.05) is 30.3 Å². The fraction of sp³-hybridized carbons (Fsp3) is 0.429. The number of urea groups is 1. The van der Waals surface area contributed by atoms with E-state index < -0.39 is 12.0 Å². The van der Waals surface area contributed by atoms with Crippen LogP contribution in [-0.4, -0.2) is 50.3 Å². The number of methoxy groups -OCH3 is 1. The Balaban J connectivity index is 2.08. The van der Waals surface area contributed by atoms with Crippen molar-refractivity contribution in [2.45, 2.75) is 6.04 Å². The van der Waals surface area contributed by atoms with E-state index in [0.717, 1.165) is 0 Å². The van der Waals surface area contributed by atoms with E-state index in [0.29, 0.717) is 31.9 Å². The third-order valence-corrected chi connectivity index (χ3v) is 3.14. The highest BCUT2D eigenvalue weighted by atomic mass is 16.5. The van der Waals surface area contributed by atoms with E-state index in [4.69, 9.17) is 9.47 Å². The highest BCUT2D eigenvalue weighted by molar-refractivity contribution is 5.84. The SMILES string of the molecule is COC(=O)C(NC(=O)N1CCOCC1)c1ccccc1. The van der Waals surface area contributed by atoms with Crippen LogP contribution in [0, 0.1) is 0 Å². The zero-order valence-electron chi connectivity index (χ0n) is 11.4. The van der Waals surface area contributed by atoms with Crippen molar-refractivity contribution >= 4 is 12.0 Å². The molecule has 1 aromatic rings. The average Bonchev–Trinajstić information content (AvgIpc) is 2.53. The van der Waals surface area contributed by atoms with Gasteiger partial charge in [0, 0.05) is 13.1 Å². The summed E-state index contributed by atoms with van der Waals surface area (Å²) in [6.45, 7) is 2.08. The first-order valence-corrected chi connectivity index (χ1v) is 6.48. The maximum absolute atomic E-state index is 12.2. The molecule has 1 N–H and O–H groups in total. The van der Waals surface area contributed by atoms with Gasteiger partial charge in [-0.05, 0) is 5.56 Å². The molecule has 0 spiro atoms. The Kier molecular flexibility index (Phi) is 4.95. The van der Waals surface area contributed by atoms with E-state index in [1.54, 1.807) is 17.0 Å². The average molecular weight is 278 g/mol. The first kappa shape index (κ1) is 14.3. The van der Waals surface area contributed by atoms with Crippen LogP contribution in [0.1, 0.15) is 11.6 Å². The van der Waals surface area contributed by atoms with Crippen molar-refractivity contribution in [1.29, 1.82) is 0 Å². The smallest absolute Gasteiger partial charge is 0.333 e. The van der Waals surface area contributed by atoms with Crippen molar-refractivity contribution in [3.05, 3.63) is 35.9 Å². The van der Waals surface area contributed by atoms with Crippen LogP contribution in [0.15, 0.2) is 30.3 Å². The molecule has 108 valence electrons. The number of carbonyl (C=O) groups is 2. The summed E-state index contributed by atoms with van der Waals surface area (Å²) in [5, 5.41) is 2.71. The van der Waals surface area contributed by atoms with Crippen molar-refractivity contribution in [3.63, 3.8) is 0 Å². The van der Waals surface area contributed by atoms with Crippen LogP contribution in [0.3, 0.4) is 0 Å². The molecule has 2 rings (SSSR count). The van der Waals surface area contributed by atoms with Crippen LogP contribution >= 0.6 is 0 Å². The lowest BCUT2D eigenvalue weighted by Gasteiger charge is -2.28. The van der Waals surface area contributed by atoms with Gasteiger partial charge >= 0.3 is 12.0 Å². The molecule has 1 atom stereocenters. The Hall–Kier alpha value is -2.08. The van der Waals surface area contributed by atoms with Gasteiger partial charge in [0.25, 0.3) is 0 Å². The molecule has 0 aromatic heterocycles. The van der Waals surface area contributed by atoms with Crippen molar-refractivity contribution in [3.8, 4) is 0 Å². The molecule has 0 radical (unpaired) electrons. The second kappa shape index (κ2) is 6.91. The Bertz CT molecular complexity index is 458. The van der Waals surface area contributed by atoms with E-state index in [2.05, 4.69) is 5.32 Å². The second-order valence-corrected chi connectivity index (χ2v) is 4.42. The number of benzene rings is 1. The minimum atomic E-state index is -0.795. The lowest BCUT2D eigenvalue weighted by atomic mass is 10.1. The van der Waals surface area contributed by atoms with E-state index in [1.807, 2.05) is 18.2 Å². The zero-order chi connectivity index (χ0) is 14.4. The van der Waals surface area contributed by atoms with Crippen molar-refractivity contribution in [1.82, 2.24) is 10.2 Å². The molecule has 1 unspecified atom stereocenters. The van der Waals surface area contributed by atoms with Gasteiger partial charge in [0.1, 0.15) is 0 Å². The van der Waals surface area contributed by atoms with Crippen LogP contribution in [0.25, 0.3) is 0 Å². The van der Waals surface area contributed by atoms with Crippen LogP contribution in [0.5, 0.6) is 0 Å². The van der Waals surface area contributed by atoms with Gasteiger partial charge in [0.05, 0.1) is 20.3 Å². The Morgan fingerprint density at radius 2 is 1.90 bits per heavy atom. The maximum Gasteiger partial charge on any atom is 0.333 e. The van der Waals surface area contributed by atoms with E-state index in [-0.39, 0.29) is 6.03 Å². The number of amides is 2. The maximum atomic E-state index is 12.2. The lowest BCUT2D eigenvalue weighted by molar-refractivity contribution is -0.143. The number of rotatable bonds is 3. The molecular formula is C14H18N2O4. The van der Waals surface area contributed by atoms with Crippen molar-refractivity contribution < 1.29 is 19.1 Å². The summed E-state index contributed by atoms with van der Waals surface area (Å²) in [6.07, 6.45) is 0. The fourth-order valence-corrected chi connectivity index (χ4v) is 2.02. The first-order chi connectivity index (χ1) is 9.72. The number of esters is 1. The topological polar surface area (TPSA) is 67.9 Å². The fourth-order valence-electron chi connectivity index (χ4n) is 2.02. The Labute approximate surface area is 117 Å². The third-order valence-electron chi connectivity index (χ3n) is 3.14. The van der Waals surface area contributed by atoms with Gasteiger partial charge in [-0.25, -0.2) is 9.59 Å². The Morgan fingerprint density at radius 1 is 1.25 bits per heavy atom. The first-order valence-electron chi connectivity index (χ1n) is 6.48. The summed E-state index contributed by atoms with van der Waals surface area (Å²) in [7, 11) is 1.30. The van der Waals surface area contributed by atoms with Crippen LogP contribution in [0.4, 0.5) is 4.79 Å². The summed E-state index contributed by atoms with van der Waals surface area (Å²) < 4.78 is 9.95. The van der Waals surface area contributed by atoms with E-state index in [9.17, 15) is 9.59 Å². The molecule has 0 bridgehead atoms. The van der Waals surface area contributed by atoms with Crippen LogP contribution < -0.4 is 5.32 Å². The lowest BCUT2D eigenvalue weighted by Crippen LogP contribution is -2.48. The van der Waals surface area contributed by atoms with E-state index in [1.165, 1.54) is 7.11 Å². The number of hydrogen-bond donors (Lipinski definition) is 1. The molecule has 1 heterocycles. The minimum Gasteiger partial charge on any atom is -0.467 e. The van der Waals surface area contributed by atoms with Crippen molar-refractivity contribution in [2.75, 3.05) is 33.4 Å². The molecule has 6 nitrogen and oxygen atoms in total. The molecule has 1 aliphatic rings. The molecule has 1 fully saturated rings. The molecule has 1 saturated heterocycles. The Morgan fingerprint density at radius 3 is 2.50 bits per heavy atom. The molecule has 20 heavy (non-hydrogen) atoms. The molecule has 1 aliphatic heterocycles. The predicted molar refractivity (Wildman–Crippen MR) is 72.1 cm³/mol. The highest BCUT2D eigenvalue weighted by Crippen LogP contribution is 2.14. The van der Waals surface area contributed by atoms with Gasteiger partial charge in [0.15, 0.2) is 6.04 Å².